The van der Waals surface area contributed by atoms with Crippen molar-refractivity contribution in [2.75, 3.05) is 13.6 Å². The maximum atomic E-state index is 4.07. The van der Waals surface area contributed by atoms with E-state index in [4.69, 9.17) is 0 Å². The van der Waals surface area contributed by atoms with Crippen molar-refractivity contribution in [3.8, 4) is 0 Å². The summed E-state index contributed by atoms with van der Waals surface area (Å²) in [6.45, 7) is 7.03. The van der Waals surface area contributed by atoms with Gasteiger partial charge in [0.15, 0.2) is 5.96 Å². The molecular weight excluding hydrogens is 190 g/mol. The molecule has 0 unspecified atom stereocenters. The van der Waals surface area contributed by atoms with E-state index >= 15 is 0 Å². The van der Waals surface area contributed by atoms with Gasteiger partial charge in [0.25, 0.3) is 0 Å². The van der Waals surface area contributed by atoms with E-state index < -0.39 is 0 Å². The third kappa shape index (κ3) is 3.46. The number of aromatic amines is 1. The van der Waals surface area contributed by atoms with Crippen molar-refractivity contribution in [2.45, 2.75) is 13.5 Å². The van der Waals surface area contributed by atoms with Gasteiger partial charge in [-0.2, -0.15) is 5.10 Å². The van der Waals surface area contributed by atoms with Crippen molar-refractivity contribution >= 4 is 5.96 Å². The van der Waals surface area contributed by atoms with Gasteiger partial charge in [-0.1, -0.05) is 6.08 Å². The normalized spacial score (nSPS) is 11.2. The summed E-state index contributed by atoms with van der Waals surface area (Å²) in [5, 5.41) is 13.1. The van der Waals surface area contributed by atoms with Crippen LogP contribution >= 0.6 is 0 Å². The van der Waals surface area contributed by atoms with Crippen LogP contribution in [-0.2, 0) is 6.54 Å². The Balaban J connectivity index is 2.41. The first-order valence-electron chi connectivity index (χ1n) is 4.82. The second kappa shape index (κ2) is 5.85. The Labute approximate surface area is 89.7 Å². The van der Waals surface area contributed by atoms with Gasteiger partial charge < -0.3 is 10.6 Å². The van der Waals surface area contributed by atoms with Crippen molar-refractivity contribution in [1.82, 2.24) is 20.8 Å². The monoisotopic (exact) mass is 207 g/mol. The molecule has 0 saturated heterocycles. The summed E-state index contributed by atoms with van der Waals surface area (Å²) in [6, 6.07) is 0. The summed E-state index contributed by atoms with van der Waals surface area (Å²) < 4.78 is 0. The molecule has 0 aliphatic rings. The molecule has 1 aromatic rings. The zero-order chi connectivity index (χ0) is 11.1. The molecule has 5 nitrogen and oxygen atoms in total. The van der Waals surface area contributed by atoms with Crippen LogP contribution in [0.15, 0.2) is 23.8 Å². The zero-order valence-electron chi connectivity index (χ0n) is 9.17. The molecule has 0 amide bonds. The van der Waals surface area contributed by atoms with Crippen molar-refractivity contribution in [2.24, 2.45) is 4.99 Å². The number of aliphatic imine (C=N–C) groups is 1. The molecule has 0 radical (unpaired) electrons. The van der Waals surface area contributed by atoms with E-state index in [0.717, 1.165) is 17.2 Å². The first-order valence-corrected chi connectivity index (χ1v) is 4.82. The fourth-order valence-electron chi connectivity index (χ4n) is 1.12. The number of nitrogens with one attached hydrogen (secondary N) is 3. The number of hydrogen-bond acceptors (Lipinski definition) is 2. The number of aryl methyl sites for hydroxylation is 1. The van der Waals surface area contributed by atoms with E-state index in [0.29, 0.717) is 13.1 Å². The summed E-state index contributed by atoms with van der Waals surface area (Å²) in [7, 11) is 1.74. The molecule has 1 heterocycles. The summed E-state index contributed by atoms with van der Waals surface area (Å²) >= 11 is 0. The molecule has 82 valence electrons. The van der Waals surface area contributed by atoms with Crippen LogP contribution in [0.2, 0.25) is 0 Å². The average molecular weight is 207 g/mol. The fraction of sp³-hybridized carbons (Fsp3) is 0.400. The molecule has 1 rings (SSSR count). The standard InChI is InChI=1S/C10H17N5/c1-4-5-12-10(11-3)13-6-9-7-14-15-8(9)2/h4,7H,1,5-6H2,2-3H3,(H,14,15)(H2,11,12,13). The lowest BCUT2D eigenvalue weighted by molar-refractivity contribution is 0.842. The minimum Gasteiger partial charge on any atom is -0.353 e. The van der Waals surface area contributed by atoms with E-state index in [-0.39, 0.29) is 0 Å². The number of aromatic nitrogens is 2. The van der Waals surface area contributed by atoms with Crippen LogP contribution in [0.3, 0.4) is 0 Å². The van der Waals surface area contributed by atoms with Gasteiger partial charge in [0.1, 0.15) is 0 Å². The lowest BCUT2D eigenvalue weighted by atomic mass is 10.3. The highest BCUT2D eigenvalue weighted by atomic mass is 15.2. The molecule has 0 saturated carbocycles. The number of nitrogens with zero attached hydrogens (tertiary/aromatic N) is 2. The van der Waals surface area contributed by atoms with Crippen molar-refractivity contribution in [1.29, 1.82) is 0 Å². The lowest BCUT2D eigenvalue weighted by Gasteiger charge is -2.09. The van der Waals surface area contributed by atoms with E-state index in [1.165, 1.54) is 0 Å². The van der Waals surface area contributed by atoms with Crippen molar-refractivity contribution in [3.63, 3.8) is 0 Å². The highest BCUT2D eigenvalue weighted by Gasteiger charge is 2.00. The molecule has 1 aromatic heterocycles. The maximum Gasteiger partial charge on any atom is 0.191 e. The van der Waals surface area contributed by atoms with Gasteiger partial charge in [-0.15, -0.1) is 6.58 Å². The Bertz CT molecular complexity index is 339. The molecule has 0 atom stereocenters. The molecule has 0 aliphatic carbocycles. The highest BCUT2D eigenvalue weighted by Crippen LogP contribution is 2.00. The molecule has 15 heavy (non-hydrogen) atoms. The summed E-state index contributed by atoms with van der Waals surface area (Å²) in [6.07, 6.45) is 3.60. The number of rotatable bonds is 4. The van der Waals surface area contributed by atoms with Crippen LogP contribution in [0, 0.1) is 6.92 Å². The topological polar surface area (TPSA) is 65.1 Å². The molecule has 0 spiro atoms. The van der Waals surface area contributed by atoms with Gasteiger partial charge in [0.05, 0.1) is 6.20 Å². The van der Waals surface area contributed by atoms with Gasteiger partial charge in [0, 0.05) is 31.4 Å². The fourth-order valence-corrected chi connectivity index (χ4v) is 1.12. The Kier molecular flexibility index (Phi) is 4.40. The van der Waals surface area contributed by atoms with Gasteiger partial charge in [0.2, 0.25) is 0 Å². The van der Waals surface area contributed by atoms with E-state index in [1.54, 1.807) is 13.1 Å². The zero-order valence-corrected chi connectivity index (χ0v) is 9.17. The minimum absolute atomic E-state index is 0.698. The van der Waals surface area contributed by atoms with Crippen LogP contribution in [0.4, 0.5) is 0 Å². The second-order valence-corrected chi connectivity index (χ2v) is 3.12. The van der Waals surface area contributed by atoms with E-state index in [2.05, 4.69) is 32.4 Å². The molecule has 0 aliphatic heterocycles. The minimum atomic E-state index is 0.698. The first-order chi connectivity index (χ1) is 7.27. The molecule has 3 N–H and O–H groups in total. The number of guanidine groups is 1. The predicted octanol–water partition coefficient (Wildman–Crippen LogP) is 0.569. The van der Waals surface area contributed by atoms with Crippen LogP contribution < -0.4 is 10.6 Å². The Morgan fingerprint density at radius 3 is 3.00 bits per heavy atom. The molecule has 5 heteroatoms. The van der Waals surface area contributed by atoms with Gasteiger partial charge in [-0.25, -0.2) is 0 Å². The molecular formula is C10H17N5. The second-order valence-electron chi connectivity index (χ2n) is 3.12. The summed E-state index contributed by atoms with van der Waals surface area (Å²) in [4.78, 5) is 4.07. The van der Waals surface area contributed by atoms with Crippen LogP contribution in [0.1, 0.15) is 11.3 Å². The smallest absolute Gasteiger partial charge is 0.191 e. The lowest BCUT2D eigenvalue weighted by Crippen LogP contribution is -2.36. The SMILES string of the molecule is C=CCNC(=NC)NCc1cn[nH]c1C. The predicted molar refractivity (Wildman–Crippen MR) is 61.7 cm³/mol. The third-order valence-electron chi connectivity index (χ3n) is 2.02. The summed E-state index contributed by atoms with van der Waals surface area (Å²) in [5.74, 6) is 0.760. The van der Waals surface area contributed by atoms with Crippen molar-refractivity contribution in [3.05, 3.63) is 30.1 Å². The Hall–Kier alpha value is -1.78. The van der Waals surface area contributed by atoms with Crippen LogP contribution in [-0.4, -0.2) is 29.7 Å². The van der Waals surface area contributed by atoms with E-state index in [9.17, 15) is 0 Å². The molecule has 0 bridgehead atoms. The third-order valence-corrected chi connectivity index (χ3v) is 2.02. The average Bonchev–Trinajstić information content (AvgIpc) is 2.65. The van der Waals surface area contributed by atoms with Crippen LogP contribution in [0.25, 0.3) is 0 Å². The van der Waals surface area contributed by atoms with Gasteiger partial charge in [-0.05, 0) is 6.92 Å². The Morgan fingerprint density at radius 2 is 2.47 bits per heavy atom. The van der Waals surface area contributed by atoms with Gasteiger partial charge in [-0.3, -0.25) is 10.1 Å². The van der Waals surface area contributed by atoms with Gasteiger partial charge >= 0.3 is 0 Å². The number of hydrogen-bond donors (Lipinski definition) is 3. The van der Waals surface area contributed by atoms with Crippen LogP contribution in [0.5, 0.6) is 0 Å². The molecule has 0 fully saturated rings. The summed E-state index contributed by atoms with van der Waals surface area (Å²) in [5.41, 5.74) is 2.21. The number of H-pyrrole nitrogens is 1. The van der Waals surface area contributed by atoms with E-state index in [1.807, 2.05) is 13.1 Å². The largest absolute Gasteiger partial charge is 0.353 e. The quantitative estimate of drug-likeness (QED) is 0.384. The molecule has 0 aromatic carbocycles. The Morgan fingerprint density at radius 1 is 1.67 bits per heavy atom. The highest BCUT2D eigenvalue weighted by molar-refractivity contribution is 5.79. The maximum absolute atomic E-state index is 4.07. The first kappa shape index (κ1) is 11.3. The van der Waals surface area contributed by atoms with Crippen molar-refractivity contribution < 1.29 is 0 Å².